The van der Waals surface area contributed by atoms with Gasteiger partial charge in [-0.05, 0) is 48.3 Å². The van der Waals surface area contributed by atoms with E-state index in [-0.39, 0.29) is 0 Å². The van der Waals surface area contributed by atoms with Gasteiger partial charge in [-0.25, -0.2) is 0 Å². The van der Waals surface area contributed by atoms with Gasteiger partial charge in [0.1, 0.15) is 12.4 Å². The molecule has 0 aromatic heterocycles. The van der Waals surface area contributed by atoms with Crippen LogP contribution in [-0.4, -0.2) is 11.0 Å². The topological polar surface area (TPSA) is 58.6 Å². The lowest BCUT2D eigenvalue weighted by atomic mass is 9.86. The number of anilines is 1. The highest BCUT2D eigenvalue weighted by Gasteiger charge is 2.48. The number of hydrogen-bond acceptors (Lipinski definition) is 3. The third-order valence-electron chi connectivity index (χ3n) is 5.11. The van der Waals surface area contributed by atoms with E-state index in [1.54, 1.807) is 24.3 Å². The van der Waals surface area contributed by atoms with Crippen molar-refractivity contribution in [1.82, 2.24) is 0 Å². The molecule has 156 valence electrons. The van der Waals surface area contributed by atoms with Crippen LogP contribution in [0.5, 0.6) is 0 Å². The first kappa shape index (κ1) is 21.9. The minimum absolute atomic E-state index is 0.456. The molecule has 4 nitrogen and oxygen atoms in total. The molecule has 1 amide bonds. The lowest BCUT2D eigenvalue weighted by molar-refractivity contribution is -0.129. The highest BCUT2D eigenvalue weighted by molar-refractivity contribution is 6.32. The number of carbonyl (C=O) groups is 1. The third kappa shape index (κ3) is 4.07. The van der Waals surface area contributed by atoms with Crippen molar-refractivity contribution in [3.8, 4) is 0 Å². The number of allylic oxidation sites excluding steroid dienone is 3. The molecular weight excluding hydrogens is 398 g/mol. The molecule has 0 spiro atoms. The molecule has 0 fully saturated rings. The first-order chi connectivity index (χ1) is 14.5. The fraction of sp³-hybridized carbons (Fsp3) is 0.240. The van der Waals surface area contributed by atoms with Crippen LogP contribution in [0.1, 0.15) is 37.0 Å². The van der Waals surface area contributed by atoms with Crippen LogP contribution in [-0.2, 0) is 21.7 Å². The van der Waals surface area contributed by atoms with Crippen molar-refractivity contribution >= 4 is 23.2 Å². The Morgan fingerprint density at radius 2 is 1.83 bits per heavy atom. The second-order valence-electron chi connectivity index (χ2n) is 6.87. The average Bonchev–Trinajstić information content (AvgIpc) is 2.92. The van der Waals surface area contributed by atoms with E-state index in [1.165, 1.54) is 0 Å². The molecule has 1 heterocycles. The Morgan fingerprint density at radius 1 is 1.10 bits per heavy atom. The fourth-order valence-corrected chi connectivity index (χ4v) is 3.65. The quantitative estimate of drug-likeness (QED) is 0.653. The van der Waals surface area contributed by atoms with Crippen LogP contribution in [0, 0.1) is 6.92 Å². The van der Waals surface area contributed by atoms with Gasteiger partial charge in [-0.15, -0.1) is 0 Å². The van der Waals surface area contributed by atoms with Gasteiger partial charge in [0.25, 0.3) is 5.91 Å². The normalized spacial score (nSPS) is 19.6. The maximum absolute atomic E-state index is 12.7. The Balaban J connectivity index is 0.00000124. The predicted octanol–water partition coefficient (Wildman–Crippen LogP) is 5.80. The van der Waals surface area contributed by atoms with Gasteiger partial charge in [-0.1, -0.05) is 74.0 Å². The number of hydrogen-bond donors (Lipinski definition) is 2. The summed E-state index contributed by atoms with van der Waals surface area (Å²) in [6.07, 6.45) is 7.84. The molecule has 0 radical (unpaired) electrons. The summed E-state index contributed by atoms with van der Waals surface area (Å²) in [5.41, 5.74) is 1.68. The maximum atomic E-state index is 12.7. The van der Waals surface area contributed by atoms with E-state index in [9.17, 15) is 9.90 Å². The lowest BCUT2D eigenvalue weighted by Crippen LogP contribution is -2.35. The molecule has 2 aromatic rings. The second kappa shape index (κ2) is 9.33. The Bertz CT molecular complexity index is 1020. The molecule has 2 aromatic carbocycles. The number of ether oxygens (including phenoxy) is 1. The molecule has 1 unspecified atom stereocenters. The highest BCUT2D eigenvalue weighted by atomic mass is 35.5. The van der Waals surface area contributed by atoms with E-state index in [0.29, 0.717) is 40.6 Å². The maximum Gasteiger partial charge on any atom is 0.265 e. The summed E-state index contributed by atoms with van der Waals surface area (Å²) in [5.74, 6) is 0.224. The van der Waals surface area contributed by atoms with Crippen LogP contribution in [0.3, 0.4) is 0 Å². The Kier molecular flexibility index (Phi) is 6.80. The highest BCUT2D eigenvalue weighted by Crippen LogP contribution is 2.45. The van der Waals surface area contributed by atoms with Crippen molar-refractivity contribution in [3.63, 3.8) is 0 Å². The molecular formula is C25H26ClNO3. The van der Waals surface area contributed by atoms with Crippen molar-refractivity contribution < 1.29 is 14.6 Å². The summed E-state index contributed by atoms with van der Waals surface area (Å²) in [4.78, 5) is 12.7. The van der Waals surface area contributed by atoms with Gasteiger partial charge in [0.2, 0.25) is 0 Å². The van der Waals surface area contributed by atoms with Crippen molar-refractivity contribution in [2.75, 3.05) is 5.32 Å². The number of nitrogens with one attached hydrogen (secondary N) is 1. The minimum atomic E-state index is -1.75. The van der Waals surface area contributed by atoms with Gasteiger partial charge >= 0.3 is 0 Å². The average molecular weight is 424 g/mol. The zero-order chi connectivity index (χ0) is 21.7. The van der Waals surface area contributed by atoms with Gasteiger partial charge in [-0.3, -0.25) is 4.79 Å². The van der Waals surface area contributed by atoms with E-state index < -0.39 is 11.5 Å². The van der Waals surface area contributed by atoms with E-state index in [0.717, 1.165) is 11.1 Å². The number of aliphatic hydroxyl groups is 1. The van der Waals surface area contributed by atoms with E-state index in [1.807, 2.05) is 63.3 Å². The standard InChI is InChI=1S/C23H20ClNO3.C2H6/c1-15-20(24)13-12-19-21(15)25-22(26)23(19,27)17-8-5-9-18(11-10-17)28-14-16-6-3-2-4-7-16;1-2/h2-4,6-13,27H,5,14H2,1H3,(H,25,26);1-2H3. The number of rotatable bonds is 4. The first-order valence-electron chi connectivity index (χ1n) is 10.1. The zero-order valence-corrected chi connectivity index (χ0v) is 18.2. The molecule has 2 N–H and O–H groups in total. The lowest BCUT2D eigenvalue weighted by Gasteiger charge is -2.22. The van der Waals surface area contributed by atoms with Crippen molar-refractivity contribution in [3.05, 3.63) is 99.8 Å². The van der Waals surface area contributed by atoms with Crippen molar-refractivity contribution in [2.24, 2.45) is 0 Å². The van der Waals surface area contributed by atoms with Gasteiger partial charge in [-0.2, -0.15) is 0 Å². The molecule has 5 heteroatoms. The number of carbonyl (C=O) groups excluding carboxylic acids is 1. The van der Waals surface area contributed by atoms with Crippen molar-refractivity contribution in [1.29, 1.82) is 0 Å². The second-order valence-corrected chi connectivity index (χ2v) is 7.28. The molecule has 2 aliphatic rings. The summed E-state index contributed by atoms with van der Waals surface area (Å²) in [7, 11) is 0. The predicted molar refractivity (Wildman–Crippen MR) is 121 cm³/mol. The molecule has 30 heavy (non-hydrogen) atoms. The van der Waals surface area contributed by atoms with Gasteiger partial charge in [0.15, 0.2) is 5.60 Å². The molecule has 1 aliphatic carbocycles. The fourth-order valence-electron chi connectivity index (χ4n) is 3.49. The molecule has 1 aliphatic heterocycles. The van der Waals surface area contributed by atoms with Crippen LogP contribution in [0.2, 0.25) is 5.02 Å². The van der Waals surface area contributed by atoms with Gasteiger partial charge in [0, 0.05) is 10.6 Å². The Hall–Kier alpha value is -2.82. The molecule has 0 bridgehead atoms. The Morgan fingerprint density at radius 3 is 2.57 bits per heavy atom. The summed E-state index contributed by atoms with van der Waals surface area (Å²) in [6.45, 7) is 6.28. The number of benzene rings is 2. The van der Waals surface area contributed by atoms with Gasteiger partial charge < -0.3 is 15.2 Å². The zero-order valence-electron chi connectivity index (χ0n) is 17.4. The van der Waals surface area contributed by atoms with E-state index in [2.05, 4.69) is 5.32 Å². The molecule has 1 atom stereocenters. The molecule has 4 rings (SSSR count). The van der Waals surface area contributed by atoms with Crippen LogP contribution in [0.25, 0.3) is 0 Å². The largest absolute Gasteiger partial charge is 0.489 e. The van der Waals surface area contributed by atoms with Crippen molar-refractivity contribution in [2.45, 2.75) is 39.4 Å². The van der Waals surface area contributed by atoms with E-state index in [4.69, 9.17) is 16.3 Å². The van der Waals surface area contributed by atoms with E-state index >= 15 is 0 Å². The monoisotopic (exact) mass is 423 g/mol. The van der Waals surface area contributed by atoms with Gasteiger partial charge in [0.05, 0.1) is 5.69 Å². The summed E-state index contributed by atoms with van der Waals surface area (Å²) >= 11 is 6.16. The first-order valence-corrected chi connectivity index (χ1v) is 10.5. The summed E-state index contributed by atoms with van der Waals surface area (Å²) in [6, 6.07) is 13.3. The van der Waals surface area contributed by atoms with Crippen LogP contribution < -0.4 is 5.32 Å². The number of fused-ring (bicyclic) bond motifs is 1. The SMILES string of the molecule is CC.Cc1c(Cl)ccc2c1NC(=O)C2(O)C1=CCC=C(OCc2ccccc2)C=C1. The summed E-state index contributed by atoms with van der Waals surface area (Å²) in [5, 5.41) is 14.7. The Labute approximate surface area is 182 Å². The third-order valence-corrected chi connectivity index (χ3v) is 5.52. The minimum Gasteiger partial charge on any atom is -0.489 e. The van der Waals surface area contributed by atoms with Crippen LogP contribution in [0.15, 0.2) is 78.1 Å². The molecule has 0 saturated carbocycles. The number of halogens is 1. The van der Waals surface area contributed by atoms with Crippen LogP contribution >= 0.6 is 11.6 Å². The number of amides is 1. The van der Waals surface area contributed by atoms with Crippen LogP contribution in [0.4, 0.5) is 5.69 Å². The molecule has 0 saturated heterocycles. The summed E-state index contributed by atoms with van der Waals surface area (Å²) < 4.78 is 5.87. The smallest absolute Gasteiger partial charge is 0.265 e.